The summed E-state index contributed by atoms with van der Waals surface area (Å²) >= 11 is 0. The number of amides is 1. The number of allylic oxidation sites excluding steroid dienone is 2. The van der Waals surface area contributed by atoms with Crippen molar-refractivity contribution in [3.8, 4) is 0 Å². The molecule has 0 aromatic heterocycles. The number of cyclic esters (lactones) is 1. The number of morpholine rings is 1. The maximum Gasteiger partial charge on any atom is 0.410 e. The molecule has 3 heterocycles. The van der Waals surface area contributed by atoms with E-state index in [2.05, 4.69) is 13.8 Å². The molecule has 1 amide bonds. The third-order valence-electron chi connectivity index (χ3n) is 9.56. The van der Waals surface area contributed by atoms with Crippen molar-refractivity contribution in [3.63, 3.8) is 0 Å². The van der Waals surface area contributed by atoms with Crippen molar-refractivity contribution in [1.82, 2.24) is 4.90 Å². The molecule has 0 bridgehead atoms. The molecule has 12 heteroatoms. The number of rotatable bonds is 11. The van der Waals surface area contributed by atoms with Gasteiger partial charge >= 0.3 is 18.0 Å². The first-order valence-corrected chi connectivity index (χ1v) is 17.2. The smallest absolute Gasteiger partial charge is 0.410 e. The molecule has 2 N–H and O–H groups in total. The summed E-state index contributed by atoms with van der Waals surface area (Å²) in [4.78, 5) is 39.4. The Labute approximate surface area is 285 Å². The number of methoxy groups -OCH3 is 1. The number of aliphatic hydroxyl groups is 2. The van der Waals surface area contributed by atoms with Gasteiger partial charge in [0.15, 0.2) is 0 Å². The van der Waals surface area contributed by atoms with Crippen LogP contribution < -0.4 is 0 Å². The normalized spacial score (nSPS) is 33.8. The third-order valence-corrected chi connectivity index (χ3v) is 9.56. The Morgan fingerprint density at radius 2 is 1.85 bits per heavy atom. The van der Waals surface area contributed by atoms with Crippen LogP contribution in [-0.2, 0) is 38.0 Å². The summed E-state index contributed by atoms with van der Waals surface area (Å²) in [5.41, 5.74) is -0.719. The molecule has 48 heavy (non-hydrogen) atoms. The molecule has 11 unspecified atom stereocenters. The Bertz CT molecular complexity index is 1160. The molecule has 0 aromatic rings. The predicted octanol–water partition coefficient (Wildman–Crippen LogP) is 4.12. The highest BCUT2D eigenvalue weighted by molar-refractivity contribution is 5.70. The minimum Gasteiger partial charge on any atom is -0.457 e. The van der Waals surface area contributed by atoms with Crippen LogP contribution in [0.4, 0.5) is 4.79 Å². The molecule has 11 atom stereocenters. The number of ether oxygens (including phenoxy) is 6. The molecule has 2 fully saturated rings. The SMILES string of the molecule is CCC(OC)C(C)C1OC1C(OC(=O)N1CCOCC1)C(C)/C=C/C=C(\C)C1OC(=O)CC(O)CCC(C)(O)C(OC(C)=O)/C=C/C1C. The van der Waals surface area contributed by atoms with Crippen molar-refractivity contribution in [2.24, 2.45) is 17.8 Å². The molecular weight excluding hydrogens is 622 g/mol. The standard InChI is InChI=1S/C36H57NO11/c1-9-28(43-8)25(5)33-34(47-33)32(48-35(41)37-17-19-44-20-18-37)23(3)12-10-11-22(2)31-24(4)13-14-29(45-26(6)38)36(7,42)16-15-27(39)21-30(40)46-31/h10-14,23-25,27-29,31-34,39,42H,9,15-21H2,1-8H3/b12-10+,14-13+,22-11+. The van der Waals surface area contributed by atoms with Gasteiger partial charge < -0.3 is 43.5 Å². The summed E-state index contributed by atoms with van der Waals surface area (Å²) in [5, 5.41) is 21.6. The molecule has 272 valence electrons. The maximum atomic E-state index is 13.1. The van der Waals surface area contributed by atoms with Crippen molar-refractivity contribution in [2.45, 2.75) is 122 Å². The molecule has 0 saturated carbocycles. The molecule has 2 saturated heterocycles. The van der Waals surface area contributed by atoms with Crippen LogP contribution in [0.3, 0.4) is 0 Å². The highest BCUT2D eigenvalue weighted by Crippen LogP contribution is 2.39. The Hall–Kier alpha value is -2.77. The number of aliphatic hydroxyl groups excluding tert-OH is 1. The fraction of sp³-hybridized carbons (Fsp3) is 0.750. The quantitative estimate of drug-likeness (QED) is 0.107. The Morgan fingerprint density at radius 3 is 2.48 bits per heavy atom. The number of esters is 2. The second-order valence-corrected chi connectivity index (χ2v) is 13.6. The summed E-state index contributed by atoms with van der Waals surface area (Å²) in [6.07, 6.45) is 5.84. The lowest BCUT2D eigenvalue weighted by Gasteiger charge is -2.32. The van der Waals surface area contributed by atoms with Crippen molar-refractivity contribution in [2.75, 3.05) is 33.4 Å². The lowest BCUT2D eigenvalue weighted by Crippen LogP contribution is -2.44. The van der Waals surface area contributed by atoms with Gasteiger partial charge in [-0.1, -0.05) is 52.0 Å². The Balaban J connectivity index is 1.82. The number of carbonyl (C=O) groups is 3. The average molecular weight is 680 g/mol. The van der Waals surface area contributed by atoms with E-state index in [0.29, 0.717) is 26.3 Å². The van der Waals surface area contributed by atoms with Gasteiger partial charge in [-0.05, 0) is 44.8 Å². The number of nitrogens with zero attached hydrogens (tertiary/aromatic N) is 1. The molecule has 0 spiro atoms. The van der Waals surface area contributed by atoms with Gasteiger partial charge in [0, 0.05) is 44.9 Å². The monoisotopic (exact) mass is 679 g/mol. The van der Waals surface area contributed by atoms with Crippen molar-refractivity contribution in [3.05, 3.63) is 36.0 Å². The van der Waals surface area contributed by atoms with Crippen molar-refractivity contribution in [1.29, 1.82) is 0 Å². The van der Waals surface area contributed by atoms with Crippen LogP contribution in [0.2, 0.25) is 0 Å². The zero-order valence-electron chi connectivity index (χ0n) is 29.8. The summed E-state index contributed by atoms with van der Waals surface area (Å²) in [7, 11) is 1.69. The first-order valence-electron chi connectivity index (χ1n) is 17.2. The molecule has 3 aliphatic rings. The molecule has 3 aliphatic heterocycles. The molecule has 0 radical (unpaired) electrons. The minimum atomic E-state index is -1.45. The van der Waals surface area contributed by atoms with Crippen LogP contribution in [0.15, 0.2) is 36.0 Å². The number of epoxide rings is 1. The topological polar surface area (TPSA) is 154 Å². The van der Waals surface area contributed by atoms with Crippen LogP contribution in [0.25, 0.3) is 0 Å². The van der Waals surface area contributed by atoms with Crippen LogP contribution in [0.5, 0.6) is 0 Å². The summed E-state index contributed by atoms with van der Waals surface area (Å²) in [6.45, 7) is 14.5. The summed E-state index contributed by atoms with van der Waals surface area (Å²) < 4.78 is 34.5. The second kappa shape index (κ2) is 18.3. The highest BCUT2D eigenvalue weighted by Gasteiger charge is 2.53. The van der Waals surface area contributed by atoms with Gasteiger partial charge in [-0.3, -0.25) is 9.59 Å². The molecule has 0 aliphatic carbocycles. The lowest BCUT2D eigenvalue weighted by atomic mass is 9.88. The number of carbonyl (C=O) groups excluding carboxylic acids is 3. The van der Waals surface area contributed by atoms with E-state index in [-0.39, 0.29) is 55.3 Å². The Morgan fingerprint density at radius 1 is 1.17 bits per heavy atom. The second-order valence-electron chi connectivity index (χ2n) is 13.6. The Kier molecular flexibility index (Phi) is 15.1. The first kappa shape index (κ1) is 39.7. The van der Waals surface area contributed by atoms with Crippen molar-refractivity contribution < 1.29 is 53.0 Å². The lowest BCUT2D eigenvalue weighted by molar-refractivity contribution is -0.157. The van der Waals surface area contributed by atoms with Crippen LogP contribution in [0.1, 0.15) is 74.1 Å². The van der Waals surface area contributed by atoms with Gasteiger partial charge in [0.05, 0.1) is 37.9 Å². The van der Waals surface area contributed by atoms with Gasteiger partial charge in [-0.15, -0.1) is 0 Å². The van der Waals surface area contributed by atoms with E-state index in [9.17, 15) is 24.6 Å². The van der Waals surface area contributed by atoms with E-state index < -0.39 is 48.0 Å². The zero-order chi connectivity index (χ0) is 35.6. The highest BCUT2D eigenvalue weighted by atomic mass is 16.6. The third kappa shape index (κ3) is 11.4. The van der Waals surface area contributed by atoms with Crippen LogP contribution in [-0.4, -0.2) is 115 Å². The van der Waals surface area contributed by atoms with E-state index >= 15 is 0 Å². The molecule has 0 aromatic carbocycles. The van der Waals surface area contributed by atoms with Gasteiger partial charge in [0.1, 0.15) is 30.0 Å². The minimum absolute atomic E-state index is 0.0215. The van der Waals surface area contributed by atoms with E-state index in [1.807, 2.05) is 39.0 Å². The van der Waals surface area contributed by atoms with Gasteiger partial charge in [0.25, 0.3) is 0 Å². The van der Waals surface area contributed by atoms with Crippen LogP contribution in [0, 0.1) is 17.8 Å². The molecule has 3 rings (SSSR count). The molecular formula is C36H57NO11. The fourth-order valence-corrected chi connectivity index (χ4v) is 6.42. The van der Waals surface area contributed by atoms with Crippen LogP contribution >= 0.6 is 0 Å². The number of hydrogen-bond donors (Lipinski definition) is 2. The summed E-state index contributed by atoms with van der Waals surface area (Å²) in [5.74, 6) is -1.57. The predicted molar refractivity (Wildman–Crippen MR) is 178 cm³/mol. The fourth-order valence-electron chi connectivity index (χ4n) is 6.42. The van der Waals surface area contributed by atoms with E-state index in [4.69, 9.17) is 28.4 Å². The van der Waals surface area contributed by atoms with Gasteiger partial charge in [-0.25, -0.2) is 4.79 Å². The first-order chi connectivity index (χ1) is 22.7. The summed E-state index contributed by atoms with van der Waals surface area (Å²) in [6, 6.07) is 0. The van der Waals surface area contributed by atoms with E-state index in [1.54, 1.807) is 31.1 Å². The average Bonchev–Trinajstić information content (AvgIpc) is 3.84. The number of hydrogen-bond acceptors (Lipinski definition) is 11. The molecule has 12 nitrogen and oxygen atoms in total. The van der Waals surface area contributed by atoms with E-state index in [0.717, 1.165) is 12.0 Å². The maximum absolute atomic E-state index is 13.1. The van der Waals surface area contributed by atoms with Gasteiger partial charge in [-0.2, -0.15) is 0 Å². The van der Waals surface area contributed by atoms with E-state index in [1.165, 1.54) is 6.92 Å². The largest absolute Gasteiger partial charge is 0.457 e. The van der Waals surface area contributed by atoms with Crippen molar-refractivity contribution >= 4 is 18.0 Å². The van der Waals surface area contributed by atoms with Gasteiger partial charge in [0.2, 0.25) is 0 Å². The zero-order valence-corrected chi connectivity index (χ0v) is 29.8.